The molecule has 0 amide bonds. The lowest BCUT2D eigenvalue weighted by Gasteiger charge is -2.20. The number of nitrogens with zero attached hydrogens (tertiary/aromatic N) is 5. The average molecular weight is 240 g/mol. The third-order valence-electron chi connectivity index (χ3n) is 2.61. The van der Waals surface area contributed by atoms with E-state index in [4.69, 9.17) is 10.9 Å². The van der Waals surface area contributed by atoms with E-state index in [1.807, 2.05) is 25.6 Å². The van der Waals surface area contributed by atoms with Gasteiger partial charge < -0.3 is 10.9 Å². The third-order valence-corrected chi connectivity index (χ3v) is 2.61. The third kappa shape index (κ3) is 3.70. The number of hydrogen-bond acceptors (Lipinski definition) is 5. The highest BCUT2D eigenvalue weighted by atomic mass is 16.4. The first-order chi connectivity index (χ1) is 8.08. The zero-order valence-electron chi connectivity index (χ0n) is 10.5. The molecule has 96 valence electrons. The summed E-state index contributed by atoms with van der Waals surface area (Å²) in [4.78, 5) is 6.27. The maximum Gasteiger partial charge on any atom is 0.143 e. The zero-order valence-corrected chi connectivity index (χ0v) is 10.5. The van der Waals surface area contributed by atoms with E-state index in [0.29, 0.717) is 13.1 Å². The van der Waals surface area contributed by atoms with E-state index in [1.54, 1.807) is 6.33 Å². The number of aromatic nitrogens is 3. The Bertz CT molecular complexity index is 375. The highest BCUT2D eigenvalue weighted by Crippen LogP contribution is 2.03. The first kappa shape index (κ1) is 13.4. The smallest absolute Gasteiger partial charge is 0.143 e. The quantitative estimate of drug-likeness (QED) is 0.319. The molecule has 17 heavy (non-hydrogen) atoms. The average Bonchev–Trinajstić information content (AvgIpc) is 2.74. The largest absolute Gasteiger partial charge is 0.409 e. The minimum absolute atomic E-state index is 0.00278. The van der Waals surface area contributed by atoms with Gasteiger partial charge in [-0.25, -0.2) is 9.67 Å². The maximum atomic E-state index is 8.57. The van der Waals surface area contributed by atoms with E-state index >= 15 is 0 Å². The predicted octanol–water partition coefficient (Wildman–Crippen LogP) is 0.112. The lowest BCUT2D eigenvalue weighted by Crippen LogP contribution is -2.33. The van der Waals surface area contributed by atoms with Crippen LogP contribution < -0.4 is 5.73 Å². The van der Waals surface area contributed by atoms with Gasteiger partial charge in [0.2, 0.25) is 0 Å². The number of oxime groups is 1. The fraction of sp³-hybridized carbons (Fsp3) is 0.700. The van der Waals surface area contributed by atoms with Gasteiger partial charge in [-0.15, -0.1) is 0 Å². The standard InChI is InChI=1S/C10H20N6O/c1-4-16-9(12-7-13-16)6-15(3)5-8(2)10(11)14-17/h7-8,17H,4-6H2,1-3H3,(H2,11,14). The van der Waals surface area contributed by atoms with Crippen LogP contribution in [0.5, 0.6) is 0 Å². The summed E-state index contributed by atoms with van der Waals surface area (Å²) >= 11 is 0. The Kier molecular flexibility index (Phi) is 4.89. The molecule has 7 nitrogen and oxygen atoms in total. The van der Waals surface area contributed by atoms with E-state index in [0.717, 1.165) is 12.4 Å². The predicted molar refractivity (Wildman–Crippen MR) is 64.6 cm³/mol. The maximum absolute atomic E-state index is 8.57. The Hall–Kier alpha value is -1.63. The summed E-state index contributed by atoms with van der Waals surface area (Å²) < 4.78 is 1.85. The Morgan fingerprint density at radius 3 is 3.00 bits per heavy atom. The van der Waals surface area contributed by atoms with E-state index in [1.165, 1.54) is 0 Å². The van der Waals surface area contributed by atoms with Gasteiger partial charge in [-0.1, -0.05) is 12.1 Å². The SMILES string of the molecule is CCn1ncnc1CN(C)CC(C)C(N)=NO. The van der Waals surface area contributed by atoms with Crippen LogP contribution in [0.1, 0.15) is 19.7 Å². The van der Waals surface area contributed by atoms with Crippen molar-refractivity contribution in [2.75, 3.05) is 13.6 Å². The Morgan fingerprint density at radius 1 is 1.71 bits per heavy atom. The summed E-state index contributed by atoms with van der Waals surface area (Å²) in [5.74, 6) is 1.17. The minimum Gasteiger partial charge on any atom is -0.409 e. The van der Waals surface area contributed by atoms with E-state index in [9.17, 15) is 0 Å². The van der Waals surface area contributed by atoms with Crippen LogP contribution >= 0.6 is 0 Å². The van der Waals surface area contributed by atoms with Crippen molar-refractivity contribution in [3.63, 3.8) is 0 Å². The van der Waals surface area contributed by atoms with Crippen molar-refractivity contribution < 1.29 is 5.21 Å². The summed E-state index contributed by atoms with van der Waals surface area (Å²) in [7, 11) is 1.97. The van der Waals surface area contributed by atoms with Crippen LogP contribution in [0.4, 0.5) is 0 Å². The van der Waals surface area contributed by atoms with Gasteiger partial charge in [0.25, 0.3) is 0 Å². The molecular weight excluding hydrogens is 220 g/mol. The summed E-state index contributed by atoms with van der Waals surface area (Å²) in [6.45, 7) is 6.13. The second kappa shape index (κ2) is 6.19. The fourth-order valence-electron chi connectivity index (χ4n) is 1.64. The monoisotopic (exact) mass is 240 g/mol. The molecule has 0 aliphatic carbocycles. The highest BCUT2D eigenvalue weighted by Gasteiger charge is 2.13. The lowest BCUT2D eigenvalue weighted by atomic mass is 10.1. The minimum atomic E-state index is 0.00278. The molecule has 1 atom stereocenters. The summed E-state index contributed by atoms with van der Waals surface area (Å²) in [6.07, 6.45) is 1.56. The molecule has 0 spiro atoms. The Morgan fingerprint density at radius 2 is 2.41 bits per heavy atom. The highest BCUT2D eigenvalue weighted by molar-refractivity contribution is 5.82. The van der Waals surface area contributed by atoms with Gasteiger partial charge >= 0.3 is 0 Å². The molecule has 0 aliphatic heterocycles. The molecule has 0 fully saturated rings. The fourth-order valence-corrected chi connectivity index (χ4v) is 1.64. The van der Waals surface area contributed by atoms with Gasteiger partial charge in [0, 0.05) is 19.0 Å². The van der Waals surface area contributed by atoms with Crippen molar-refractivity contribution in [3.05, 3.63) is 12.2 Å². The van der Waals surface area contributed by atoms with Crippen LogP contribution in [-0.4, -0.2) is 44.3 Å². The molecule has 1 aromatic heterocycles. The lowest BCUT2D eigenvalue weighted by molar-refractivity contribution is 0.282. The van der Waals surface area contributed by atoms with Gasteiger partial charge in [0.15, 0.2) is 0 Å². The number of rotatable bonds is 6. The molecule has 1 aromatic rings. The van der Waals surface area contributed by atoms with Crippen molar-refractivity contribution in [2.24, 2.45) is 16.8 Å². The Balaban J connectivity index is 2.52. The molecule has 1 heterocycles. The molecule has 0 bridgehead atoms. The summed E-state index contributed by atoms with van der Waals surface area (Å²) in [5.41, 5.74) is 5.53. The van der Waals surface area contributed by atoms with Gasteiger partial charge in [-0.05, 0) is 14.0 Å². The molecule has 3 N–H and O–H groups in total. The second-order valence-electron chi connectivity index (χ2n) is 4.11. The molecule has 0 saturated heterocycles. The van der Waals surface area contributed by atoms with E-state index in [-0.39, 0.29) is 11.8 Å². The van der Waals surface area contributed by atoms with Gasteiger partial charge in [-0.2, -0.15) is 5.10 Å². The number of hydrogen-bond donors (Lipinski definition) is 2. The van der Waals surface area contributed by atoms with Crippen molar-refractivity contribution in [1.29, 1.82) is 0 Å². The van der Waals surface area contributed by atoms with Crippen molar-refractivity contribution >= 4 is 5.84 Å². The number of aryl methyl sites for hydroxylation is 1. The normalized spacial score (nSPS) is 14.2. The topological polar surface area (TPSA) is 92.6 Å². The van der Waals surface area contributed by atoms with E-state index < -0.39 is 0 Å². The van der Waals surface area contributed by atoms with Crippen LogP contribution in [0.15, 0.2) is 11.5 Å². The molecule has 0 saturated carbocycles. The second-order valence-corrected chi connectivity index (χ2v) is 4.11. The first-order valence-corrected chi connectivity index (χ1v) is 5.61. The van der Waals surface area contributed by atoms with Crippen LogP contribution in [-0.2, 0) is 13.1 Å². The van der Waals surface area contributed by atoms with Crippen molar-refractivity contribution in [3.8, 4) is 0 Å². The van der Waals surface area contributed by atoms with Gasteiger partial charge in [-0.3, -0.25) is 4.90 Å². The molecule has 7 heteroatoms. The molecule has 0 aliphatic rings. The summed E-state index contributed by atoms with van der Waals surface area (Å²) in [6, 6.07) is 0. The van der Waals surface area contributed by atoms with Crippen LogP contribution in [0.3, 0.4) is 0 Å². The summed E-state index contributed by atoms with van der Waals surface area (Å²) in [5, 5.41) is 15.7. The van der Waals surface area contributed by atoms with Crippen molar-refractivity contribution in [1.82, 2.24) is 19.7 Å². The number of amidine groups is 1. The molecule has 0 radical (unpaired) electrons. The van der Waals surface area contributed by atoms with Crippen LogP contribution in [0, 0.1) is 5.92 Å². The van der Waals surface area contributed by atoms with Gasteiger partial charge in [0.05, 0.1) is 6.54 Å². The molecule has 1 rings (SSSR count). The molecule has 0 aromatic carbocycles. The van der Waals surface area contributed by atoms with Crippen LogP contribution in [0.25, 0.3) is 0 Å². The first-order valence-electron chi connectivity index (χ1n) is 5.61. The van der Waals surface area contributed by atoms with Crippen molar-refractivity contribution in [2.45, 2.75) is 26.9 Å². The molecular formula is C10H20N6O. The zero-order chi connectivity index (χ0) is 12.8. The number of nitrogens with two attached hydrogens (primary N) is 1. The van der Waals surface area contributed by atoms with E-state index in [2.05, 4.69) is 20.1 Å². The Labute approximate surface area is 101 Å². The van der Waals surface area contributed by atoms with Gasteiger partial charge in [0.1, 0.15) is 18.0 Å². The van der Waals surface area contributed by atoms with Crippen LogP contribution in [0.2, 0.25) is 0 Å². The molecule has 1 unspecified atom stereocenters.